The highest BCUT2D eigenvalue weighted by molar-refractivity contribution is 5.97. The van der Waals surface area contributed by atoms with Gasteiger partial charge in [0.1, 0.15) is 5.82 Å². The molecule has 0 aliphatic carbocycles. The monoisotopic (exact) mass is 539 g/mol. The Hall–Kier alpha value is -2.43. The first-order chi connectivity index (χ1) is 18.6. The number of aliphatic hydroxyl groups excluding tert-OH is 1. The fourth-order valence-electron chi connectivity index (χ4n) is 6.13. The second-order valence-corrected chi connectivity index (χ2v) is 12.4. The number of hydrogen-bond donors (Lipinski definition) is 2. The minimum atomic E-state index is -0.414. The number of fused-ring (bicyclic) bond motifs is 1. The van der Waals surface area contributed by atoms with Gasteiger partial charge in [0, 0.05) is 74.1 Å². The highest BCUT2D eigenvalue weighted by atomic mass is 19.1. The molecule has 39 heavy (non-hydrogen) atoms. The summed E-state index contributed by atoms with van der Waals surface area (Å²) in [5.74, 6) is -0.166. The maximum absolute atomic E-state index is 13.9. The Kier molecular flexibility index (Phi) is 8.08. The number of ether oxygens (including phenoxy) is 1. The number of nitrogens with one attached hydrogen (secondary N) is 1. The Labute approximate surface area is 231 Å². The summed E-state index contributed by atoms with van der Waals surface area (Å²) in [5, 5.41) is 13.7. The van der Waals surface area contributed by atoms with E-state index in [0.29, 0.717) is 32.7 Å². The van der Waals surface area contributed by atoms with Gasteiger partial charge in [-0.05, 0) is 37.6 Å². The molecule has 2 fully saturated rings. The number of carbonyl (C=O) groups excluding carboxylic acids is 1. The van der Waals surface area contributed by atoms with Crippen LogP contribution in [0.5, 0.6) is 0 Å². The quantitative estimate of drug-likeness (QED) is 0.558. The van der Waals surface area contributed by atoms with Crippen molar-refractivity contribution in [3.8, 4) is 0 Å². The van der Waals surface area contributed by atoms with E-state index in [4.69, 9.17) is 9.72 Å². The van der Waals surface area contributed by atoms with Gasteiger partial charge in [-0.1, -0.05) is 26.0 Å². The van der Waals surface area contributed by atoms with E-state index in [-0.39, 0.29) is 35.8 Å². The number of aliphatic hydroxyl groups is 1. The number of halogens is 1. The summed E-state index contributed by atoms with van der Waals surface area (Å²) < 4.78 is 19.0. The summed E-state index contributed by atoms with van der Waals surface area (Å²) in [6.45, 7) is 13.8. The van der Waals surface area contributed by atoms with Crippen molar-refractivity contribution in [2.75, 3.05) is 64.0 Å². The molecule has 2 N–H and O–H groups in total. The standard InChI is InChI=1S/C30H42FN5O3/c1-21-15-34(25(13-32-21)16-35-9-10-39-20-30(35,4)19-37)17-28(38)36-18-29(2,3)26-14-33-24(12-27(26)36)11-22-5-7-23(31)8-6-22/h5-8,12,14,21,25,32,37H,9-11,13,15-20H2,1-4H3/t21-,25-,30?/m1/s1. The summed E-state index contributed by atoms with van der Waals surface area (Å²) in [5.41, 5.74) is 3.24. The largest absolute Gasteiger partial charge is 0.394 e. The van der Waals surface area contributed by atoms with E-state index in [1.807, 2.05) is 24.1 Å². The highest BCUT2D eigenvalue weighted by Gasteiger charge is 2.41. The van der Waals surface area contributed by atoms with Gasteiger partial charge < -0.3 is 20.1 Å². The van der Waals surface area contributed by atoms with Crippen LogP contribution in [0, 0.1) is 5.82 Å². The van der Waals surface area contributed by atoms with Crippen LogP contribution in [0.3, 0.4) is 0 Å². The average Bonchev–Trinajstić information content (AvgIpc) is 3.18. The Morgan fingerprint density at radius 3 is 2.77 bits per heavy atom. The molecule has 212 valence electrons. The molecular formula is C30H42FN5O3. The molecule has 2 aromatic rings. The van der Waals surface area contributed by atoms with E-state index in [1.54, 1.807) is 12.1 Å². The van der Waals surface area contributed by atoms with E-state index in [2.05, 4.69) is 35.9 Å². The van der Waals surface area contributed by atoms with Crippen LogP contribution in [0.2, 0.25) is 0 Å². The summed E-state index contributed by atoms with van der Waals surface area (Å²) in [6.07, 6.45) is 2.49. The van der Waals surface area contributed by atoms with Crippen molar-refractivity contribution < 1.29 is 19.0 Å². The third-order valence-corrected chi connectivity index (χ3v) is 8.63. The number of amides is 1. The molecular weight excluding hydrogens is 497 g/mol. The van der Waals surface area contributed by atoms with Crippen LogP contribution in [0.25, 0.3) is 0 Å². The molecule has 0 bridgehead atoms. The summed E-state index contributed by atoms with van der Waals surface area (Å²) in [4.78, 5) is 25.2. The molecule has 1 amide bonds. The number of hydrogen-bond acceptors (Lipinski definition) is 7. The maximum Gasteiger partial charge on any atom is 0.241 e. The number of aromatic nitrogens is 1. The molecule has 3 atom stereocenters. The summed E-state index contributed by atoms with van der Waals surface area (Å²) >= 11 is 0. The number of anilines is 1. The Bertz CT molecular complexity index is 1180. The van der Waals surface area contributed by atoms with Crippen LogP contribution < -0.4 is 10.2 Å². The van der Waals surface area contributed by atoms with E-state index in [1.165, 1.54) is 12.1 Å². The first-order valence-corrected chi connectivity index (χ1v) is 14.0. The van der Waals surface area contributed by atoms with Crippen molar-refractivity contribution in [1.82, 2.24) is 20.1 Å². The fourth-order valence-corrected chi connectivity index (χ4v) is 6.13. The number of morpholine rings is 1. The van der Waals surface area contributed by atoms with E-state index >= 15 is 0 Å². The zero-order chi connectivity index (χ0) is 27.8. The smallest absolute Gasteiger partial charge is 0.241 e. The van der Waals surface area contributed by atoms with E-state index in [0.717, 1.165) is 48.7 Å². The molecule has 5 rings (SSSR count). The Morgan fingerprint density at radius 1 is 1.26 bits per heavy atom. The third kappa shape index (κ3) is 6.02. The number of carbonyl (C=O) groups is 1. The zero-order valence-electron chi connectivity index (χ0n) is 23.6. The van der Waals surface area contributed by atoms with Gasteiger partial charge in [0.15, 0.2) is 0 Å². The van der Waals surface area contributed by atoms with Crippen LogP contribution in [-0.2, 0) is 21.4 Å². The number of piperazine rings is 1. The maximum atomic E-state index is 13.9. The fraction of sp³-hybridized carbons (Fsp3) is 0.600. The SMILES string of the molecule is C[C@@H]1CN(CC(=O)N2CC(C)(C)c3cnc(Cc4ccc(F)cc4)cc32)[C@@H](CN2CCOCC2(C)CO)CN1. The molecule has 1 aromatic carbocycles. The topological polar surface area (TPSA) is 81.2 Å². The van der Waals surface area contributed by atoms with Gasteiger partial charge in [0.2, 0.25) is 5.91 Å². The molecule has 0 saturated carbocycles. The number of nitrogens with zero attached hydrogens (tertiary/aromatic N) is 4. The Balaban J connectivity index is 1.33. The zero-order valence-corrected chi connectivity index (χ0v) is 23.6. The number of rotatable bonds is 7. The number of pyridine rings is 1. The van der Waals surface area contributed by atoms with Crippen molar-refractivity contribution >= 4 is 11.6 Å². The molecule has 0 radical (unpaired) electrons. The lowest BCUT2D eigenvalue weighted by atomic mass is 9.88. The van der Waals surface area contributed by atoms with Gasteiger partial charge >= 0.3 is 0 Å². The molecule has 0 spiro atoms. The molecule has 3 aliphatic heterocycles. The predicted octanol–water partition coefficient (Wildman–Crippen LogP) is 2.18. The molecule has 2 saturated heterocycles. The Morgan fingerprint density at radius 2 is 2.03 bits per heavy atom. The number of benzene rings is 1. The summed E-state index contributed by atoms with van der Waals surface area (Å²) in [6, 6.07) is 8.95. The predicted molar refractivity (Wildman–Crippen MR) is 150 cm³/mol. The summed E-state index contributed by atoms with van der Waals surface area (Å²) in [7, 11) is 0. The van der Waals surface area contributed by atoms with Gasteiger partial charge in [-0.2, -0.15) is 0 Å². The van der Waals surface area contributed by atoms with Crippen LogP contribution in [0.1, 0.15) is 44.5 Å². The van der Waals surface area contributed by atoms with Crippen LogP contribution >= 0.6 is 0 Å². The van der Waals surface area contributed by atoms with E-state index in [9.17, 15) is 14.3 Å². The lowest BCUT2D eigenvalue weighted by Gasteiger charge is -2.48. The molecule has 9 heteroatoms. The molecule has 4 heterocycles. The minimum Gasteiger partial charge on any atom is -0.394 e. The molecule has 8 nitrogen and oxygen atoms in total. The van der Waals surface area contributed by atoms with Crippen LogP contribution in [0.4, 0.5) is 10.1 Å². The van der Waals surface area contributed by atoms with Crippen LogP contribution in [-0.4, -0.2) is 103 Å². The average molecular weight is 540 g/mol. The molecule has 1 unspecified atom stereocenters. The van der Waals surface area contributed by atoms with Crippen molar-refractivity contribution in [3.63, 3.8) is 0 Å². The lowest BCUT2D eigenvalue weighted by molar-refractivity contribution is -0.122. The first-order valence-electron chi connectivity index (χ1n) is 14.0. The van der Waals surface area contributed by atoms with Crippen molar-refractivity contribution in [1.29, 1.82) is 0 Å². The second kappa shape index (κ2) is 11.2. The van der Waals surface area contributed by atoms with Crippen molar-refractivity contribution in [2.45, 2.75) is 57.2 Å². The highest BCUT2D eigenvalue weighted by Crippen LogP contribution is 2.40. The van der Waals surface area contributed by atoms with E-state index < -0.39 is 5.54 Å². The van der Waals surface area contributed by atoms with Gasteiger partial charge in [-0.25, -0.2) is 4.39 Å². The van der Waals surface area contributed by atoms with Crippen molar-refractivity contribution in [3.05, 3.63) is 59.2 Å². The third-order valence-electron chi connectivity index (χ3n) is 8.63. The minimum absolute atomic E-state index is 0.0381. The first kappa shape index (κ1) is 28.1. The van der Waals surface area contributed by atoms with Crippen molar-refractivity contribution in [2.24, 2.45) is 0 Å². The van der Waals surface area contributed by atoms with Gasteiger partial charge in [0.05, 0.1) is 37.6 Å². The van der Waals surface area contributed by atoms with Gasteiger partial charge in [-0.3, -0.25) is 19.6 Å². The van der Waals surface area contributed by atoms with Crippen LogP contribution in [0.15, 0.2) is 36.5 Å². The van der Waals surface area contributed by atoms with Gasteiger partial charge in [-0.15, -0.1) is 0 Å². The lowest BCUT2D eigenvalue weighted by Crippen LogP contribution is -2.65. The van der Waals surface area contributed by atoms with Gasteiger partial charge in [0.25, 0.3) is 0 Å². The molecule has 3 aliphatic rings. The normalized spacial score (nSPS) is 27.5. The second-order valence-electron chi connectivity index (χ2n) is 12.4. The molecule has 1 aromatic heterocycles.